The highest BCUT2D eigenvalue weighted by atomic mass is 32.2. The van der Waals surface area contributed by atoms with Crippen LogP contribution in [0.4, 0.5) is 5.69 Å². The minimum absolute atomic E-state index is 0.0952. The Kier molecular flexibility index (Phi) is 6.62. The normalized spacial score (nSPS) is 19.1. The molecule has 0 atom stereocenters. The van der Waals surface area contributed by atoms with Crippen molar-refractivity contribution in [2.24, 2.45) is 0 Å². The molecule has 0 unspecified atom stereocenters. The molecule has 4 rings (SSSR count). The second-order valence-corrected chi connectivity index (χ2v) is 10.8. The molecule has 2 aliphatic rings. The lowest BCUT2D eigenvalue weighted by Gasteiger charge is -2.26. The van der Waals surface area contributed by atoms with Gasteiger partial charge in [-0.2, -0.15) is 4.31 Å². The number of ether oxygens (including phenoxy) is 2. The van der Waals surface area contributed by atoms with Crippen LogP contribution in [-0.2, 0) is 29.7 Å². The molecule has 0 N–H and O–H groups in total. The first-order valence-corrected chi connectivity index (χ1v) is 12.5. The largest absolute Gasteiger partial charge is 0.454 e. The van der Waals surface area contributed by atoms with Crippen LogP contribution in [0.25, 0.3) is 0 Å². The smallest absolute Gasteiger partial charge is 0.338 e. The fourth-order valence-corrected chi connectivity index (χ4v) is 5.78. The monoisotopic (exact) mass is 484 g/mol. The molecule has 2 aliphatic heterocycles. The number of sulfonamides is 1. The third kappa shape index (κ3) is 4.51. The highest BCUT2D eigenvalue weighted by Gasteiger charge is 2.38. The van der Waals surface area contributed by atoms with Crippen molar-refractivity contribution < 1.29 is 27.5 Å². The Labute approximate surface area is 199 Å². The molecular formula is C25H28N2O6S. The fraction of sp³-hybridized carbons (Fsp3) is 0.360. The summed E-state index contributed by atoms with van der Waals surface area (Å²) < 4.78 is 37.2. The van der Waals surface area contributed by atoms with E-state index < -0.39 is 22.6 Å². The van der Waals surface area contributed by atoms with Crippen molar-refractivity contribution in [3.63, 3.8) is 0 Å². The molecule has 0 saturated carbocycles. The third-order valence-corrected chi connectivity index (χ3v) is 8.19. The Morgan fingerprint density at radius 2 is 1.71 bits per heavy atom. The van der Waals surface area contributed by atoms with E-state index in [0.29, 0.717) is 26.3 Å². The topological polar surface area (TPSA) is 93.2 Å². The molecule has 2 aromatic rings. The molecule has 0 radical (unpaired) electrons. The molecule has 8 nitrogen and oxygen atoms in total. The number of likely N-dealkylation sites (N-methyl/N-ethyl adjacent to an activating group) is 1. The standard InChI is InChI=1S/C25H28N2O6S/c1-25(2)21-6-4-5-7-22(21)26(3)23(25)16-19(28)17-33-24(29)18-8-10-20(11-9-18)34(30,31)27-12-14-32-15-13-27/h4-11,16H,12-15,17H2,1-3H3. The number of nitrogens with zero attached hydrogens (tertiary/aromatic N) is 2. The lowest BCUT2D eigenvalue weighted by atomic mass is 9.83. The highest BCUT2D eigenvalue weighted by Crippen LogP contribution is 2.46. The Balaban J connectivity index is 1.40. The van der Waals surface area contributed by atoms with Crippen LogP contribution in [0.15, 0.2) is 65.2 Å². The zero-order valence-corrected chi connectivity index (χ0v) is 20.3. The van der Waals surface area contributed by atoms with E-state index >= 15 is 0 Å². The van der Waals surface area contributed by atoms with E-state index in [-0.39, 0.29) is 21.7 Å². The van der Waals surface area contributed by atoms with Crippen LogP contribution in [0.3, 0.4) is 0 Å². The number of hydrogen-bond donors (Lipinski definition) is 0. The van der Waals surface area contributed by atoms with Gasteiger partial charge in [0.15, 0.2) is 12.4 Å². The van der Waals surface area contributed by atoms with E-state index in [4.69, 9.17) is 9.47 Å². The summed E-state index contributed by atoms with van der Waals surface area (Å²) in [4.78, 5) is 27.1. The first-order chi connectivity index (χ1) is 16.1. The van der Waals surface area contributed by atoms with Crippen molar-refractivity contribution in [1.29, 1.82) is 0 Å². The van der Waals surface area contributed by atoms with Crippen molar-refractivity contribution in [1.82, 2.24) is 4.31 Å². The molecule has 0 spiro atoms. The SMILES string of the molecule is CN1C(=CC(=O)COC(=O)c2ccc(S(=O)(=O)N3CCOCC3)cc2)C(C)(C)c2ccccc21. The van der Waals surface area contributed by atoms with Gasteiger partial charge in [0.1, 0.15) is 0 Å². The van der Waals surface area contributed by atoms with Crippen LogP contribution in [0.1, 0.15) is 29.8 Å². The average Bonchev–Trinajstić information content (AvgIpc) is 3.04. The molecule has 2 aromatic carbocycles. The molecule has 9 heteroatoms. The van der Waals surface area contributed by atoms with E-state index in [1.54, 1.807) is 0 Å². The Morgan fingerprint density at radius 1 is 1.06 bits per heavy atom. The Bertz CT molecular complexity index is 1230. The summed E-state index contributed by atoms with van der Waals surface area (Å²) in [7, 11) is -1.74. The third-order valence-electron chi connectivity index (χ3n) is 6.28. The van der Waals surface area contributed by atoms with Gasteiger partial charge in [-0.1, -0.05) is 32.0 Å². The summed E-state index contributed by atoms with van der Waals surface area (Å²) in [5.41, 5.74) is 2.81. The van der Waals surface area contributed by atoms with Gasteiger partial charge in [-0.15, -0.1) is 0 Å². The summed E-state index contributed by atoms with van der Waals surface area (Å²) in [6, 6.07) is 13.5. The van der Waals surface area contributed by atoms with Crippen molar-refractivity contribution in [2.75, 3.05) is 44.9 Å². The lowest BCUT2D eigenvalue weighted by molar-refractivity contribution is -0.117. The van der Waals surface area contributed by atoms with Gasteiger partial charge in [-0.05, 0) is 35.9 Å². The number of carbonyl (C=O) groups is 2. The maximum atomic E-state index is 12.7. The van der Waals surface area contributed by atoms with Gasteiger partial charge >= 0.3 is 5.97 Å². The summed E-state index contributed by atoms with van der Waals surface area (Å²) in [6.07, 6.45) is 1.52. The summed E-state index contributed by atoms with van der Waals surface area (Å²) in [5.74, 6) is -1.02. The van der Waals surface area contributed by atoms with Gasteiger partial charge in [0, 0.05) is 43.0 Å². The Morgan fingerprint density at radius 3 is 2.35 bits per heavy atom. The number of para-hydroxylation sites is 1. The van der Waals surface area contributed by atoms with Crippen molar-refractivity contribution >= 4 is 27.5 Å². The van der Waals surface area contributed by atoms with Crippen LogP contribution < -0.4 is 4.90 Å². The van der Waals surface area contributed by atoms with E-state index in [0.717, 1.165) is 16.9 Å². The van der Waals surface area contributed by atoms with Crippen molar-refractivity contribution in [3.8, 4) is 0 Å². The summed E-state index contributed by atoms with van der Waals surface area (Å²) in [6.45, 7) is 4.98. The first-order valence-electron chi connectivity index (χ1n) is 11.1. The quantitative estimate of drug-likeness (QED) is 0.460. The Hall–Kier alpha value is -3.01. The number of morpholine rings is 1. The predicted octanol–water partition coefficient (Wildman–Crippen LogP) is 2.74. The molecule has 180 valence electrons. The number of rotatable bonds is 6. The van der Waals surface area contributed by atoms with Gasteiger partial charge in [-0.3, -0.25) is 4.79 Å². The van der Waals surface area contributed by atoms with Gasteiger partial charge in [0.05, 0.1) is 23.7 Å². The summed E-state index contributed by atoms with van der Waals surface area (Å²) in [5, 5.41) is 0. The minimum Gasteiger partial charge on any atom is -0.454 e. The van der Waals surface area contributed by atoms with Crippen LogP contribution in [0.2, 0.25) is 0 Å². The predicted molar refractivity (Wildman–Crippen MR) is 127 cm³/mol. The highest BCUT2D eigenvalue weighted by molar-refractivity contribution is 7.89. The van der Waals surface area contributed by atoms with E-state index in [1.165, 1.54) is 34.6 Å². The molecule has 2 heterocycles. The first kappa shape index (κ1) is 24.1. The lowest BCUT2D eigenvalue weighted by Crippen LogP contribution is -2.40. The maximum Gasteiger partial charge on any atom is 0.338 e. The maximum absolute atomic E-state index is 12.7. The van der Waals surface area contributed by atoms with Crippen LogP contribution in [0, 0.1) is 0 Å². The zero-order chi connectivity index (χ0) is 24.5. The zero-order valence-electron chi connectivity index (χ0n) is 19.5. The number of allylic oxidation sites excluding steroid dienone is 1. The van der Waals surface area contributed by atoms with Crippen LogP contribution in [-0.4, -0.2) is 64.4 Å². The summed E-state index contributed by atoms with van der Waals surface area (Å²) >= 11 is 0. The number of ketones is 1. The van der Waals surface area contributed by atoms with E-state index in [2.05, 4.69) is 0 Å². The second-order valence-electron chi connectivity index (χ2n) is 8.81. The molecule has 1 fully saturated rings. The molecular weight excluding hydrogens is 456 g/mol. The minimum atomic E-state index is -3.65. The molecule has 0 bridgehead atoms. The van der Waals surface area contributed by atoms with Gasteiger partial charge in [0.2, 0.25) is 10.0 Å². The molecule has 34 heavy (non-hydrogen) atoms. The fourth-order valence-electron chi connectivity index (χ4n) is 4.37. The van der Waals surface area contributed by atoms with Crippen molar-refractivity contribution in [3.05, 3.63) is 71.4 Å². The van der Waals surface area contributed by atoms with E-state index in [9.17, 15) is 18.0 Å². The molecule has 1 saturated heterocycles. The number of carbonyl (C=O) groups excluding carboxylic acids is 2. The van der Waals surface area contributed by atoms with Gasteiger partial charge in [0.25, 0.3) is 0 Å². The van der Waals surface area contributed by atoms with Gasteiger partial charge < -0.3 is 14.4 Å². The average molecular weight is 485 g/mol. The van der Waals surface area contributed by atoms with Crippen molar-refractivity contribution in [2.45, 2.75) is 24.2 Å². The molecule has 0 aromatic heterocycles. The van der Waals surface area contributed by atoms with E-state index in [1.807, 2.05) is 50.1 Å². The molecule has 0 amide bonds. The molecule has 0 aliphatic carbocycles. The number of benzene rings is 2. The number of esters is 1. The number of hydrogen-bond acceptors (Lipinski definition) is 7. The van der Waals surface area contributed by atoms with Crippen LogP contribution >= 0.6 is 0 Å². The van der Waals surface area contributed by atoms with Crippen LogP contribution in [0.5, 0.6) is 0 Å². The van der Waals surface area contributed by atoms with Gasteiger partial charge in [-0.25, -0.2) is 13.2 Å². The number of anilines is 1. The second kappa shape index (κ2) is 9.32. The number of fused-ring (bicyclic) bond motifs is 1.